The monoisotopic (exact) mass is 234 g/mol. The van der Waals surface area contributed by atoms with E-state index in [1.54, 1.807) is 12.3 Å². The maximum atomic E-state index is 5.77. The average molecular weight is 235 g/mol. The van der Waals surface area contributed by atoms with E-state index < -0.39 is 0 Å². The zero-order valence-electron chi connectivity index (χ0n) is 7.56. The smallest absolute Gasteiger partial charge is 0.226 e. The van der Waals surface area contributed by atoms with Crippen LogP contribution in [-0.2, 0) is 0 Å². The van der Waals surface area contributed by atoms with Crippen LogP contribution in [-0.4, -0.2) is 29.1 Å². The molecule has 1 aliphatic rings. The molecule has 4 nitrogen and oxygen atoms in total. The van der Waals surface area contributed by atoms with E-state index in [1.165, 1.54) is 0 Å². The first kappa shape index (κ1) is 11.5. The fourth-order valence-electron chi connectivity index (χ4n) is 1.45. The Morgan fingerprint density at radius 3 is 2.93 bits per heavy atom. The van der Waals surface area contributed by atoms with Crippen molar-refractivity contribution in [2.45, 2.75) is 12.5 Å². The van der Waals surface area contributed by atoms with E-state index in [0.29, 0.717) is 11.1 Å². The Balaban J connectivity index is 0.000000980. The predicted octanol–water partition coefficient (Wildman–Crippen LogP) is 1.09. The zero-order chi connectivity index (χ0) is 9.26. The molecule has 6 heteroatoms. The van der Waals surface area contributed by atoms with Gasteiger partial charge in [-0.3, -0.25) is 0 Å². The molecule has 1 aliphatic heterocycles. The van der Waals surface area contributed by atoms with Crippen molar-refractivity contribution in [2.24, 2.45) is 5.73 Å². The van der Waals surface area contributed by atoms with Crippen LogP contribution in [0.5, 0.6) is 0 Å². The van der Waals surface area contributed by atoms with Gasteiger partial charge in [-0.1, -0.05) is 11.6 Å². The van der Waals surface area contributed by atoms with Gasteiger partial charge in [0.15, 0.2) is 0 Å². The summed E-state index contributed by atoms with van der Waals surface area (Å²) >= 11 is 5.75. The maximum Gasteiger partial charge on any atom is 0.226 e. The van der Waals surface area contributed by atoms with Crippen molar-refractivity contribution in [1.29, 1.82) is 0 Å². The largest absolute Gasteiger partial charge is 0.339 e. The molecule has 0 radical (unpaired) electrons. The van der Waals surface area contributed by atoms with Crippen LogP contribution in [0.25, 0.3) is 0 Å². The van der Waals surface area contributed by atoms with Gasteiger partial charge < -0.3 is 10.6 Å². The molecule has 1 atom stereocenters. The number of rotatable bonds is 1. The van der Waals surface area contributed by atoms with Gasteiger partial charge in [-0.15, -0.1) is 12.4 Å². The van der Waals surface area contributed by atoms with Crippen LogP contribution in [0.2, 0.25) is 5.15 Å². The molecule has 0 amide bonds. The molecule has 2 rings (SSSR count). The standard InChI is InChI=1S/C8H11ClN4.ClH/c9-7-1-3-11-8(12-7)13-4-2-6(10)5-13;/h1,3,6H,2,4-5,10H2;1H/t6-;/m0./s1. The van der Waals surface area contributed by atoms with Crippen molar-refractivity contribution in [3.63, 3.8) is 0 Å². The maximum absolute atomic E-state index is 5.77. The highest BCUT2D eigenvalue weighted by Gasteiger charge is 2.20. The van der Waals surface area contributed by atoms with Gasteiger partial charge >= 0.3 is 0 Å². The lowest BCUT2D eigenvalue weighted by atomic mass is 10.3. The fourth-order valence-corrected chi connectivity index (χ4v) is 1.58. The molecule has 0 saturated carbocycles. The summed E-state index contributed by atoms with van der Waals surface area (Å²) in [5.41, 5.74) is 5.77. The molecule has 0 aliphatic carbocycles. The van der Waals surface area contributed by atoms with Gasteiger partial charge in [0, 0.05) is 25.3 Å². The zero-order valence-corrected chi connectivity index (χ0v) is 9.13. The van der Waals surface area contributed by atoms with Crippen LogP contribution in [0.3, 0.4) is 0 Å². The normalized spacial score (nSPS) is 20.7. The summed E-state index contributed by atoms with van der Waals surface area (Å²) in [6, 6.07) is 1.91. The Kier molecular flexibility index (Phi) is 3.92. The molecule has 2 N–H and O–H groups in total. The molecule has 78 valence electrons. The Hall–Kier alpha value is -0.580. The first-order chi connectivity index (χ1) is 6.25. The third kappa shape index (κ3) is 2.47. The summed E-state index contributed by atoms with van der Waals surface area (Å²) in [4.78, 5) is 10.3. The van der Waals surface area contributed by atoms with Crippen LogP contribution in [0.1, 0.15) is 6.42 Å². The second-order valence-electron chi connectivity index (χ2n) is 3.17. The van der Waals surface area contributed by atoms with Gasteiger partial charge in [0.1, 0.15) is 5.15 Å². The van der Waals surface area contributed by atoms with Crippen LogP contribution in [0, 0.1) is 0 Å². The number of nitrogens with two attached hydrogens (primary N) is 1. The molecule has 1 aromatic heterocycles. The number of hydrogen-bond donors (Lipinski definition) is 1. The van der Waals surface area contributed by atoms with E-state index in [1.807, 2.05) is 0 Å². The lowest BCUT2D eigenvalue weighted by Gasteiger charge is -2.14. The minimum Gasteiger partial charge on any atom is -0.339 e. The topological polar surface area (TPSA) is 55.0 Å². The molecule has 1 aromatic rings. The number of hydrogen-bond acceptors (Lipinski definition) is 4. The third-order valence-corrected chi connectivity index (χ3v) is 2.33. The Morgan fingerprint density at radius 1 is 1.57 bits per heavy atom. The SMILES string of the molecule is Cl.N[C@H]1CCN(c2nccc(Cl)n2)C1. The lowest BCUT2D eigenvalue weighted by molar-refractivity contribution is 0.750. The molecule has 1 fully saturated rings. The molecular formula is C8H12Cl2N4. The Morgan fingerprint density at radius 2 is 2.36 bits per heavy atom. The van der Waals surface area contributed by atoms with E-state index in [0.717, 1.165) is 19.5 Å². The summed E-state index contributed by atoms with van der Waals surface area (Å²) in [6.07, 6.45) is 2.66. The van der Waals surface area contributed by atoms with Crippen molar-refractivity contribution in [2.75, 3.05) is 18.0 Å². The van der Waals surface area contributed by atoms with Gasteiger partial charge in [0.05, 0.1) is 0 Å². The second kappa shape index (κ2) is 4.77. The van der Waals surface area contributed by atoms with Crippen LogP contribution < -0.4 is 10.6 Å². The number of aromatic nitrogens is 2. The molecular weight excluding hydrogens is 223 g/mol. The molecule has 1 saturated heterocycles. The van der Waals surface area contributed by atoms with E-state index in [9.17, 15) is 0 Å². The molecule has 2 heterocycles. The van der Waals surface area contributed by atoms with E-state index in [-0.39, 0.29) is 18.4 Å². The summed E-state index contributed by atoms with van der Waals surface area (Å²) < 4.78 is 0. The number of nitrogens with zero attached hydrogens (tertiary/aromatic N) is 3. The molecule has 0 bridgehead atoms. The van der Waals surface area contributed by atoms with Crippen molar-refractivity contribution >= 4 is 30.0 Å². The highest BCUT2D eigenvalue weighted by atomic mass is 35.5. The summed E-state index contributed by atoms with van der Waals surface area (Å²) in [7, 11) is 0. The molecule has 0 unspecified atom stereocenters. The first-order valence-corrected chi connectivity index (χ1v) is 4.62. The molecule has 14 heavy (non-hydrogen) atoms. The summed E-state index contributed by atoms with van der Waals surface area (Å²) in [5.74, 6) is 0.681. The Bertz CT molecular complexity index is 307. The van der Waals surface area contributed by atoms with Gasteiger partial charge in [-0.05, 0) is 12.5 Å². The van der Waals surface area contributed by atoms with Crippen LogP contribution in [0.4, 0.5) is 5.95 Å². The van der Waals surface area contributed by atoms with Gasteiger partial charge in [0.25, 0.3) is 0 Å². The van der Waals surface area contributed by atoms with Gasteiger partial charge in [-0.2, -0.15) is 0 Å². The molecule has 0 spiro atoms. The van der Waals surface area contributed by atoms with Crippen molar-refractivity contribution in [3.8, 4) is 0 Å². The van der Waals surface area contributed by atoms with Crippen molar-refractivity contribution < 1.29 is 0 Å². The first-order valence-electron chi connectivity index (χ1n) is 4.25. The number of anilines is 1. The third-order valence-electron chi connectivity index (χ3n) is 2.12. The summed E-state index contributed by atoms with van der Waals surface area (Å²) in [5, 5.41) is 0.477. The highest BCUT2D eigenvalue weighted by molar-refractivity contribution is 6.29. The van der Waals surface area contributed by atoms with Crippen molar-refractivity contribution in [3.05, 3.63) is 17.4 Å². The second-order valence-corrected chi connectivity index (χ2v) is 3.56. The van der Waals surface area contributed by atoms with Gasteiger partial charge in [-0.25, -0.2) is 9.97 Å². The summed E-state index contributed by atoms with van der Waals surface area (Å²) in [6.45, 7) is 1.74. The van der Waals surface area contributed by atoms with Gasteiger partial charge in [0.2, 0.25) is 5.95 Å². The van der Waals surface area contributed by atoms with E-state index >= 15 is 0 Å². The Labute approximate surface area is 93.9 Å². The quantitative estimate of drug-likeness (QED) is 0.740. The van der Waals surface area contributed by atoms with E-state index in [2.05, 4.69) is 14.9 Å². The lowest BCUT2D eigenvalue weighted by Crippen LogP contribution is -2.27. The number of halogens is 2. The fraction of sp³-hybridized carbons (Fsp3) is 0.500. The minimum absolute atomic E-state index is 0. The van der Waals surface area contributed by atoms with Crippen molar-refractivity contribution in [1.82, 2.24) is 9.97 Å². The minimum atomic E-state index is 0. The van der Waals surface area contributed by atoms with E-state index in [4.69, 9.17) is 17.3 Å². The predicted molar refractivity (Wildman–Crippen MR) is 59.1 cm³/mol. The van der Waals surface area contributed by atoms with Crippen LogP contribution in [0.15, 0.2) is 12.3 Å². The molecule has 0 aromatic carbocycles. The average Bonchev–Trinajstić information content (AvgIpc) is 2.52. The van der Waals surface area contributed by atoms with Crippen LogP contribution >= 0.6 is 24.0 Å². The highest BCUT2D eigenvalue weighted by Crippen LogP contribution is 2.16.